The Morgan fingerprint density at radius 1 is 1.40 bits per heavy atom. The lowest BCUT2D eigenvalue weighted by Crippen LogP contribution is -2.59. The maximum absolute atomic E-state index is 13.6. The second-order valence-corrected chi connectivity index (χ2v) is 7.95. The molecule has 2 aliphatic rings. The lowest BCUT2D eigenvalue weighted by molar-refractivity contribution is -0.198. The van der Waals surface area contributed by atoms with Gasteiger partial charge >= 0.3 is 12.2 Å². The summed E-state index contributed by atoms with van der Waals surface area (Å²) < 4.78 is 55.5. The summed E-state index contributed by atoms with van der Waals surface area (Å²) in [6, 6.07) is 2.27. The Morgan fingerprint density at radius 3 is 2.73 bits per heavy atom. The summed E-state index contributed by atoms with van der Waals surface area (Å²) in [4.78, 5) is 26.0. The van der Waals surface area contributed by atoms with Crippen LogP contribution in [0.2, 0.25) is 5.02 Å². The van der Waals surface area contributed by atoms with Crippen LogP contribution in [-0.2, 0) is 9.53 Å². The van der Waals surface area contributed by atoms with E-state index in [9.17, 15) is 27.2 Å². The Labute approximate surface area is 175 Å². The molecule has 0 bridgehead atoms. The summed E-state index contributed by atoms with van der Waals surface area (Å²) >= 11 is 5.88. The van der Waals surface area contributed by atoms with E-state index in [1.54, 1.807) is 6.92 Å². The fourth-order valence-corrected chi connectivity index (χ4v) is 3.87. The van der Waals surface area contributed by atoms with Crippen LogP contribution in [0, 0.1) is 11.7 Å². The molecule has 2 atom stereocenters. The van der Waals surface area contributed by atoms with E-state index in [1.165, 1.54) is 23.1 Å². The van der Waals surface area contributed by atoms with Gasteiger partial charge in [0.15, 0.2) is 0 Å². The average molecular weight is 452 g/mol. The minimum atomic E-state index is -4.41. The Balaban J connectivity index is 1.71. The molecule has 1 saturated carbocycles. The summed E-state index contributed by atoms with van der Waals surface area (Å²) in [5.74, 6) is -1.11. The minimum absolute atomic E-state index is 0.123. The van der Waals surface area contributed by atoms with Crippen molar-refractivity contribution in [2.75, 3.05) is 19.7 Å². The summed E-state index contributed by atoms with van der Waals surface area (Å²) in [7, 11) is 0. The molecule has 6 nitrogen and oxygen atoms in total. The first-order valence-corrected chi connectivity index (χ1v) is 9.91. The number of rotatable bonds is 5. The number of hydrogen-bond donors (Lipinski definition) is 2. The third kappa shape index (κ3) is 5.34. The fraction of sp³-hybridized carbons (Fsp3) is 0.579. The highest BCUT2D eigenvalue weighted by Crippen LogP contribution is 2.41. The zero-order valence-electron chi connectivity index (χ0n) is 16.1. The van der Waals surface area contributed by atoms with Crippen molar-refractivity contribution in [3.05, 3.63) is 34.6 Å². The van der Waals surface area contributed by atoms with Crippen molar-refractivity contribution in [2.24, 2.45) is 5.92 Å². The zero-order chi connectivity index (χ0) is 22.1. The van der Waals surface area contributed by atoms with Gasteiger partial charge < -0.3 is 20.3 Å². The van der Waals surface area contributed by atoms with Crippen LogP contribution in [0.15, 0.2) is 18.2 Å². The van der Waals surface area contributed by atoms with Crippen LogP contribution in [0.3, 0.4) is 0 Å². The molecule has 0 unspecified atom stereocenters. The molecule has 30 heavy (non-hydrogen) atoms. The predicted octanol–water partition coefficient (Wildman–Crippen LogP) is 3.41. The fourth-order valence-electron chi connectivity index (χ4n) is 3.68. The molecule has 3 rings (SSSR count). The number of carbonyl (C=O) groups excluding carboxylic acids is 2. The van der Waals surface area contributed by atoms with Crippen molar-refractivity contribution >= 4 is 23.5 Å². The molecule has 0 aromatic heterocycles. The number of nitrogens with zero attached hydrogens (tertiary/aromatic N) is 1. The van der Waals surface area contributed by atoms with Gasteiger partial charge in [-0.25, -0.2) is 9.18 Å². The molecule has 1 aliphatic heterocycles. The van der Waals surface area contributed by atoms with Gasteiger partial charge in [-0.2, -0.15) is 13.2 Å². The van der Waals surface area contributed by atoms with Crippen LogP contribution < -0.4 is 10.6 Å². The van der Waals surface area contributed by atoms with Crippen molar-refractivity contribution in [3.63, 3.8) is 0 Å². The van der Waals surface area contributed by atoms with Crippen molar-refractivity contribution < 1.29 is 31.9 Å². The molecule has 1 saturated heterocycles. The Morgan fingerprint density at radius 2 is 2.10 bits per heavy atom. The highest BCUT2D eigenvalue weighted by molar-refractivity contribution is 6.30. The molecule has 0 spiro atoms. The highest BCUT2D eigenvalue weighted by Gasteiger charge is 2.41. The standard InChI is InChI=1S/C19H22ClF4N3O3/c1-10-17(28)25-4-5-27(10)18(29)26-16(11-2-3-15(21)14(20)8-11)12-6-13(7-12)30-9-19(22,23)24/h2-3,8,10,12-13,16H,4-7,9H2,1H3,(H,25,28)(H,26,29)/t10-,12-,13+,16-/m1/s1. The molecule has 2 N–H and O–H groups in total. The van der Waals surface area contributed by atoms with E-state index < -0.39 is 42.8 Å². The van der Waals surface area contributed by atoms with Gasteiger partial charge in [0.1, 0.15) is 18.5 Å². The number of amides is 3. The largest absolute Gasteiger partial charge is 0.411 e. The number of halogens is 5. The first-order valence-electron chi connectivity index (χ1n) is 9.53. The Kier molecular flexibility index (Phi) is 6.76. The molecule has 1 aliphatic carbocycles. The number of nitrogens with one attached hydrogen (secondary N) is 2. The van der Waals surface area contributed by atoms with Crippen LogP contribution >= 0.6 is 11.6 Å². The van der Waals surface area contributed by atoms with E-state index >= 15 is 0 Å². The van der Waals surface area contributed by atoms with Gasteiger partial charge in [0.05, 0.1) is 17.2 Å². The normalized spacial score (nSPS) is 25.3. The predicted molar refractivity (Wildman–Crippen MR) is 100 cm³/mol. The smallest absolute Gasteiger partial charge is 0.369 e. The van der Waals surface area contributed by atoms with E-state index in [2.05, 4.69) is 10.6 Å². The van der Waals surface area contributed by atoms with E-state index in [0.29, 0.717) is 31.5 Å². The highest BCUT2D eigenvalue weighted by atomic mass is 35.5. The number of ether oxygens (including phenoxy) is 1. The molecule has 1 heterocycles. The van der Waals surface area contributed by atoms with Gasteiger partial charge in [-0.3, -0.25) is 4.79 Å². The van der Waals surface area contributed by atoms with Gasteiger partial charge in [-0.05, 0) is 43.4 Å². The average Bonchev–Trinajstić information content (AvgIpc) is 2.63. The van der Waals surface area contributed by atoms with Crippen LogP contribution in [0.5, 0.6) is 0 Å². The number of hydrogen-bond acceptors (Lipinski definition) is 3. The third-order valence-corrected chi connectivity index (χ3v) is 5.72. The molecular weight excluding hydrogens is 430 g/mol. The van der Waals surface area contributed by atoms with Gasteiger partial charge in [-0.1, -0.05) is 17.7 Å². The number of benzene rings is 1. The maximum atomic E-state index is 13.6. The van der Waals surface area contributed by atoms with E-state index in [-0.39, 0.29) is 16.8 Å². The SMILES string of the molecule is C[C@@H]1C(=O)NCCN1C(=O)N[C@H](c1ccc(F)c(Cl)c1)[C@H]1C[C@@H](OCC(F)(F)F)C1. The zero-order valence-corrected chi connectivity index (χ0v) is 16.9. The van der Waals surface area contributed by atoms with E-state index in [1.807, 2.05) is 0 Å². The van der Waals surface area contributed by atoms with Crippen molar-refractivity contribution in [1.82, 2.24) is 15.5 Å². The molecule has 2 fully saturated rings. The summed E-state index contributed by atoms with van der Waals surface area (Å²) in [6.07, 6.45) is -4.39. The molecule has 3 amide bonds. The molecule has 166 valence electrons. The molecule has 11 heteroatoms. The van der Waals surface area contributed by atoms with Crippen LogP contribution in [-0.4, -0.2) is 54.9 Å². The molecule has 0 radical (unpaired) electrons. The van der Waals surface area contributed by atoms with Gasteiger partial charge in [0.25, 0.3) is 0 Å². The third-order valence-electron chi connectivity index (χ3n) is 5.43. The molecule has 1 aromatic rings. The maximum Gasteiger partial charge on any atom is 0.411 e. The second-order valence-electron chi connectivity index (χ2n) is 7.54. The van der Waals surface area contributed by atoms with Crippen molar-refractivity contribution in [1.29, 1.82) is 0 Å². The van der Waals surface area contributed by atoms with E-state index in [4.69, 9.17) is 16.3 Å². The Bertz CT molecular complexity index is 802. The first kappa shape index (κ1) is 22.6. The number of urea groups is 1. The molecule has 1 aromatic carbocycles. The lowest BCUT2D eigenvalue weighted by Gasteiger charge is -2.42. The molecular formula is C19H22ClF4N3O3. The quantitative estimate of drug-likeness (QED) is 0.674. The van der Waals surface area contributed by atoms with Gasteiger partial charge in [-0.15, -0.1) is 0 Å². The minimum Gasteiger partial charge on any atom is -0.369 e. The van der Waals surface area contributed by atoms with Gasteiger partial charge in [0, 0.05) is 13.1 Å². The van der Waals surface area contributed by atoms with Crippen LogP contribution in [0.1, 0.15) is 31.4 Å². The summed E-state index contributed by atoms with van der Waals surface area (Å²) in [5.41, 5.74) is 0.531. The van der Waals surface area contributed by atoms with Crippen molar-refractivity contribution in [2.45, 2.75) is 44.1 Å². The number of carbonyl (C=O) groups is 2. The topological polar surface area (TPSA) is 70.7 Å². The Hall–Kier alpha value is -2.07. The van der Waals surface area contributed by atoms with Crippen LogP contribution in [0.4, 0.5) is 22.4 Å². The van der Waals surface area contributed by atoms with Gasteiger partial charge in [0.2, 0.25) is 5.91 Å². The first-order chi connectivity index (χ1) is 14.0. The summed E-state index contributed by atoms with van der Waals surface area (Å²) in [5, 5.41) is 5.38. The number of alkyl halides is 3. The van der Waals surface area contributed by atoms with Crippen LogP contribution in [0.25, 0.3) is 0 Å². The van der Waals surface area contributed by atoms with E-state index in [0.717, 1.165) is 0 Å². The summed E-state index contributed by atoms with van der Waals surface area (Å²) in [6.45, 7) is 0.907. The van der Waals surface area contributed by atoms with Crippen molar-refractivity contribution in [3.8, 4) is 0 Å². The number of piperazine rings is 1. The monoisotopic (exact) mass is 451 g/mol. The second kappa shape index (κ2) is 8.97. The lowest BCUT2D eigenvalue weighted by atomic mass is 9.75.